The molecule has 1 atom stereocenters. The molecule has 1 aromatic rings. The zero-order chi connectivity index (χ0) is 8.97. The fourth-order valence-electron chi connectivity index (χ4n) is 1.02. The van der Waals surface area contributed by atoms with Gasteiger partial charge in [0.1, 0.15) is 0 Å². The van der Waals surface area contributed by atoms with Crippen molar-refractivity contribution < 1.29 is 0 Å². The molecule has 12 heavy (non-hydrogen) atoms. The van der Waals surface area contributed by atoms with Crippen LogP contribution in [0.3, 0.4) is 0 Å². The van der Waals surface area contributed by atoms with Crippen molar-refractivity contribution in [3.05, 3.63) is 21.9 Å². The summed E-state index contributed by atoms with van der Waals surface area (Å²) in [5.41, 5.74) is 1.28. The second-order valence-corrected chi connectivity index (χ2v) is 4.51. The summed E-state index contributed by atoms with van der Waals surface area (Å²) < 4.78 is 0. The van der Waals surface area contributed by atoms with E-state index < -0.39 is 0 Å². The minimum Gasteiger partial charge on any atom is -0.198 e. The van der Waals surface area contributed by atoms with Crippen molar-refractivity contribution in [3.63, 3.8) is 0 Å². The first-order chi connectivity index (χ1) is 5.76. The van der Waals surface area contributed by atoms with Crippen LogP contribution in [0, 0.1) is 24.2 Å². The molecule has 0 aliphatic carbocycles. The first-order valence-electron chi connectivity index (χ1n) is 3.76. The topological polar surface area (TPSA) is 23.8 Å². The maximum absolute atomic E-state index is 8.72. The van der Waals surface area contributed by atoms with E-state index in [1.54, 1.807) is 11.3 Å². The molecule has 0 amide bonds. The third-order valence-electron chi connectivity index (χ3n) is 1.64. The van der Waals surface area contributed by atoms with Gasteiger partial charge in [-0.25, -0.2) is 0 Å². The molecular formula is C9H10BrNS. The van der Waals surface area contributed by atoms with Crippen molar-refractivity contribution in [2.24, 2.45) is 5.92 Å². The quantitative estimate of drug-likeness (QED) is 0.749. The Labute approximate surface area is 85.2 Å². The molecule has 1 unspecified atom stereocenters. The van der Waals surface area contributed by atoms with E-state index in [9.17, 15) is 0 Å². The molecule has 3 heteroatoms. The van der Waals surface area contributed by atoms with Crippen molar-refractivity contribution in [3.8, 4) is 6.07 Å². The van der Waals surface area contributed by atoms with Crippen LogP contribution in [-0.2, 0) is 6.42 Å². The van der Waals surface area contributed by atoms with E-state index in [2.05, 4.69) is 40.4 Å². The number of halogens is 1. The molecule has 0 spiro atoms. The first kappa shape index (κ1) is 9.76. The number of hydrogen-bond donors (Lipinski definition) is 0. The molecule has 0 fully saturated rings. The lowest BCUT2D eigenvalue weighted by Gasteiger charge is -2.00. The van der Waals surface area contributed by atoms with E-state index in [0.29, 0.717) is 0 Å². The summed E-state index contributed by atoms with van der Waals surface area (Å²) in [7, 11) is 0. The molecular weight excluding hydrogens is 234 g/mol. The normalized spacial score (nSPS) is 12.4. The van der Waals surface area contributed by atoms with Gasteiger partial charge in [0.15, 0.2) is 0 Å². The van der Waals surface area contributed by atoms with E-state index in [4.69, 9.17) is 5.26 Å². The predicted molar refractivity (Wildman–Crippen MR) is 55.7 cm³/mol. The Morgan fingerprint density at radius 1 is 1.75 bits per heavy atom. The van der Waals surface area contributed by atoms with Gasteiger partial charge < -0.3 is 0 Å². The lowest BCUT2D eigenvalue weighted by atomic mass is 10.1. The van der Waals surface area contributed by atoms with Crippen LogP contribution in [0.5, 0.6) is 0 Å². The molecule has 0 radical (unpaired) electrons. The largest absolute Gasteiger partial charge is 0.198 e. The molecule has 0 bridgehead atoms. The Balaban J connectivity index is 2.58. The number of alkyl halides is 1. The van der Waals surface area contributed by atoms with Crippen molar-refractivity contribution >= 4 is 27.3 Å². The highest BCUT2D eigenvalue weighted by Gasteiger charge is 2.07. The Hall–Kier alpha value is -0.330. The third-order valence-corrected chi connectivity index (χ3v) is 3.33. The predicted octanol–water partition coefficient (Wildman–Crippen LogP) is 3.13. The van der Waals surface area contributed by atoms with Crippen LogP contribution < -0.4 is 0 Å². The number of aryl methyl sites for hydroxylation is 1. The summed E-state index contributed by atoms with van der Waals surface area (Å²) in [5.74, 6) is 0.110. The summed E-state index contributed by atoms with van der Waals surface area (Å²) in [6.07, 6.45) is 0.867. The fraction of sp³-hybridized carbons (Fsp3) is 0.444. The Bertz CT molecular complexity index is 287. The summed E-state index contributed by atoms with van der Waals surface area (Å²) in [5, 5.41) is 11.6. The average molecular weight is 244 g/mol. The smallest absolute Gasteiger partial charge is 0.0668 e. The van der Waals surface area contributed by atoms with Crippen LogP contribution in [-0.4, -0.2) is 5.33 Å². The molecule has 64 valence electrons. The second kappa shape index (κ2) is 4.64. The van der Waals surface area contributed by atoms with Crippen LogP contribution in [0.2, 0.25) is 0 Å². The molecule has 1 aromatic heterocycles. The van der Waals surface area contributed by atoms with Crippen LogP contribution in [0.4, 0.5) is 0 Å². The molecule has 1 heterocycles. The van der Waals surface area contributed by atoms with E-state index >= 15 is 0 Å². The van der Waals surface area contributed by atoms with Crippen LogP contribution in [0.25, 0.3) is 0 Å². The fourth-order valence-corrected chi connectivity index (χ4v) is 2.12. The van der Waals surface area contributed by atoms with Gasteiger partial charge in [0, 0.05) is 10.2 Å². The third kappa shape index (κ3) is 2.62. The number of nitrogens with zero attached hydrogens (tertiary/aromatic N) is 1. The van der Waals surface area contributed by atoms with Gasteiger partial charge in [-0.2, -0.15) is 5.26 Å². The minimum absolute atomic E-state index is 0.110. The van der Waals surface area contributed by atoms with Crippen LogP contribution in [0.15, 0.2) is 11.4 Å². The second-order valence-electron chi connectivity index (χ2n) is 2.75. The molecule has 0 aliphatic rings. The van der Waals surface area contributed by atoms with Crippen LogP contribution in [0.1, 0.15) is 10.4 Å². The van der Waals surface area contributed by atoms with Gasteiger partial charge in [-0.05, 0) is 30.4 Å². The van der Waals surface area contributed by atoms with Gasteiger partial charge in [0.05, 0.1) is 12.0 Å². The first-order valence-corrected chi connectivity index (χ1v) is 5.76. The van der Waals surface area contributed by atoms with Crippen molar-refractivity contribution in [2.75, 3.05) is 5.33 Å². The van der Waals surface area contributed by atoms with E-state index in [1.165, 1.54) is 10.4 Å². The molecule has 1 nitrogen and oxygen atoms in total. The highest BCUT2D eigenvalue weighted by atomic mass is 79.9. The number of hydrogen-bond acceptors (Lipinski definition) is 2. The van der Waals surface area contributed by atoms with Gasteiger partial charge in [-0.15, -0.1) is 11.3 Å². The number of nitriles is 1. The Morgan fingerprint density at radius 3 is 2.92 bits per heavy atom. The molecule has 0 N–H and O–H groups in total. The number of rotatable bonds is 3. The Kier molecular flexibility index (Phi) is 3.77. The van der Waals surface area contributed by atoms with Crippen LogP contribution >= 0.6 is 27.3 Å². The monoisotopic (exact) mass is 243 g/mol. The van der Waals surface area contributed by atoms with E-state index in [1.807, 2.05) is 0 Å². The van der Waals surface area contributed by atoms with Gasteiger partial charge in [0.25, 0.3) is 0 Å². The SMILES string of the molecule is Cc1cc(CC(C#N)CBr)cs1. The van der Waals surface area contributed by atoms with Gasteiger partial charge in [0.2, 0.25) is 0 Å². The van der Waals surface area contributed by atoms with Gasteiger partial charge >= 0.3 is 0 Å². The highest BCUT2D eigenvalue weighted by Crippen LogP contribution is 2.17. The van der Waals surface area contributed by atoms with Crippen molar-refractivity contribution in [2.45, 2.75) is 13.3 Å². The van der Waals surface area contributed by atoms with Crippen molar-refractivity contribution in [1.82, 2.24) is 0 Å². The molecule has 0 aromatic carbocycles. The zero-order valence-corrected chi connectivity index (χ0v) is 9.28. The number of thiophene rings is 1. The summed E-state index contributed by atoms with van der Waals surface area (Å²) >= 11 is 5.06. The molecule has 1 rings (SSSR count). The summed E-state index contributed by atoms with van der Waals surface area (Å²) in [6.45, 7) is 2.09. The standard InChI is InChI=1S/C9H10BrNS/c1-7-2-8(6-12-7)3-9(4-10)5-11/h2,6,9H,3-4H2,1H3. The zero-order valence-electron chi connectivity index (χ0n) is 6.88. The van der Waals surface area contributed by atoms with Gasteiger partial charge in [-0.3, -0.25) is 0 Å². The minimum atomic E-state index is 0.110. The van der Waals surface area contributed by atoms with E-state index in [0.717, 1.165) is 11.8 Å². The summed E-state index contributed by atoms with van der Waals surface area (Å²) in [6, 6.07) is 4.42. The molecule has 0 aliphatic heterocycles. The Morgan fingerprint density at radius 2 is 2.50 bits per heavy atom. The molecule has 0 saturated carbocycles. The highest BCUT2D eigenvalue weighted by molar-refractivity contribution is 9.09. The lowest BCUT2D eigenvalue weighted by Crippen LogP contribution is -2.01. The molecule has 0 saturated heterocycles. The maximum atomic E-state index is 8.72. The summed E-state index contributed by atoms with van der Waals surface area (Å²) in [4.78, 5) is 1.32. The van der Waals surface area contributed by atoms with E-state index in [-0.39, 0.29) is 5.92 Å². The average Bonchev–Trinajstić information content (AvgIpc) is 2.47. The van der Waals surface area contributed by atoms with Gasteiger partial charge in [-0.1, -0.05) is 15.9 Å². The lowest BCUT2D eigenvalue weighted by molar-refractivity contribution is 0.758. The maximum Gasteiger partial charge on any atom is 0.0668 e. The van der Waals surface area contributed by atoms with Crippen molar-refractivity contribution in [1.29, 1.82) is 5.26 Å².